The predicted molar refractivity (Wildman–Crippen MR) is 83.8 cm³/mol. The summed E-state index contributed by atoms with van der Waals surface area (Å²) in [4.78, 5) is 0. The molecule has 2 aliphatic heterocycles. The molecule has 122 valence electrons. The van der Waals surface area contributed by atoms with E-state index in [9.17, 15) is 5.11 Å². The Morgan fingerprint density at radius 2 is 1.55 bits per heavy atom. The van der Waals surface area contributed by atoms with E-state index in [1.165, 1.54) is 6.42 Å². The number of rotatable bonds is 4. The van der Waals surface area contributed by atoms with Crippen molar-refractivity contribution in [2.24, 2.45) is 0 Å². The number of piperidine rings is 2. The lowest BCUT2D eigenvalue weighted by molar-refractivity contribution is -0.0361. The first-order valence-corrected chi connectivity index (χ1v) is 7.88. The molecule has 0 aliphatic carbocycles. The van der Waals surface area contributed by atoms with E-state index in [4.69, 9.17) is 14.2 Å². The van der Waals surface area contributed by atoms with Crippen LogP contribution < -0.4 is 19.5 Å². The number of nitrogens with one attached hydrogen (secondary N) is 1. The molecule has 3 rings (SSSR count). The van der Waals surface area contributed by atoms with Crippen molar-refractivity contribution in [3.05, 3.63) is 17.7 Å². The van der Waals surface area contributed by atoms with Gasteiger partial charge in [-0.3, -0.25) is 0 Å². The van der Waals surface area contributed by atoms with Crippen molar-refractivity contribution in [2.75, 3.05) is 21.3 Å². The zero-order valence-corrected chi connectivity index (χ0v) is 13.5. The predicted octanol–water partition coefficient (Wildman–Crippen LogP) is 2.20. The van der Waals surface area contributed by atoms with Crippen molar-refractivity contribution in [2.45, 2.75) is 49.8 Å². The van der Waals surface area contributed by atoms with Gasteiger partial charge in [0.25, 0.3) is 0 Å². The van der Waals surface area contributed by atoms with Crippen molar-refractivity contribution >= 4 is 0 Å². The van der Waals surface area contributed by atoms with E-state index < -0.39 is 5.60 Å². The molecule has 5 nitrogen and oxygen atoms in total. The average molecular weight is 307 g/mol. The van der Waals surface area contributed by atoms with Crippen molar-refractivity contribution in [1.82, 2.24) is 5.32 Å². The van der Waals surface area contributed by atoms with Gasteiger partial charge >= 0.3 is 0 Å². The third-order valence-electron chi connectivity index (χ3n) is 4.95. The van der Waals surface area contributed by atoms with Crippen LogP contribution in [0, 0.1) is 0 Å². The highest BCUT2D eigenvalue weighted by molar-refractivity contribution is 5.55. The van der Waals surface area contributed by atoms with Gasteiger partial charge in [-0.25, -0.2) is 0 Å². The van der Waals surface area contributed by atoms with Crippen molar-refractivity contribution < 1.29 is 19.3 Å². The molecule has 0 aromatic heterocycles. The number of methoxy groups -OCH3 is 3. The first-order chi connectivity index (χ1) is 10.6. The summed E-state index contributed by atoms with van der Waals surface area (Å²) in [7, 11) is 4.79. The Balaban J connectivity index is 1.99. The molecule has 5 heteroatoms. The standard InChI is InChI=1S/C17H25NO4/c1-20-14-7-11(8-15(21-2)16(14)22-3)17(19)9-12-5-4-6-13(10-17)18-12/h7-8,12-13,18-19H,4-6,9-10H2,1-3H3. The fraction of sp³-hybridized carbons (Fsp3) is 0.647. The topological polar surface area (TPSA) is 60.0 Å². The van der Waals surface area contributed by atoms with E-state index in [1.54, 1.807) is 21.3 Å². The summed E-state index contributed by atoms with van der Waals surface area (Å²) in [6, 6.07) is 4.53. The summed E-state index contributed by atoms with van der Waals surface area (Å²) in [5, 5.41) is 14.9. The highest BCUT2D eigenvalue weighted by Crippen LogP contribution is 2.45. The van der Waals surface area contributed by atoms with Crippen LogP contribution in [0.1, 0.15) is 37.7 Å². The summed E-state index contributed by atoms with van der Waals surface area (Å²) < 4.78 is 16.2. The Morgan fingerprint density at radius 3 is 2.00 bits per heavy atom. The number of aliphatic hydroxyl groups is 1. The molecule has 22 heavy (non-hydrogen) atoms. The minimum atomic E-state index is -0.839. The smallest absolute Gasteiger partial charge is 0.203 e. The third kappa shape index (κ3) is 2.63. The van der Waals surface area contributed by atoms with Gasteiger partial charge in [-0.15, -0.1) is 0 Å². The van der Waals surface area contributed by atoms with E-state index in [0.29, 0.717) is 29.3 Å². The Labute approximate surface area is 131 Å². The lowest BCUT2D eigenvalue weighted by Gasteiger charge is -2.45. The zero-order chi connectivity index (χ0) is 15.7. The van der Waals surface area contributed by atoms with Crippen LogP contribution in [-0.2, 0) is 5.60 Å². The lowest BCUT2D eigenvalue weighted by Crippen LogP contribution is -2.54. The molecule has 0 amide bonds. The highest BCUT2D eigenvalue weighted by atomic mass is 16.5. The van der Waals surface area contributed by atoms with Crippen molar-refractivity contribution in [3.63, 3.8) is 0 Å². The Hall–Kier alpha value is -1.46. The fourth-order valence-corrected chi connectivity index (χ4v) is 3.92. The molecule has 2 bridgehead atoms. The molecule has 2 aliphatic rings. The van der Waals surface area contributed by atoms with Crippen LogP contribution in [-0.4, -0.2) is 38.5 Å². The second-order valence-corrected chi connectivity index (χ2v) is 6.35. The van der Waals surface area contributed by atoms with Crippen LogP contribution in [0.3, 0.4) is 0 Å². The van der Waals surface area contributed by atoms with Gasteiger partial charge in [-0.1, -0.05) is 6.42 Å². The van der Waals surface area contributed by atoms with Crippen LogP contribution in [0.25, 0.3) is 0 Å². The molecule has 1 aromatic rings. The molecule has 2 N–H and O–H groups in total. The second kappa shape index (κ2) is 5.97. The lowest BCUT2D eigenvalue weighted by atomic mass is 9.74. The minimum Gasteiger partial charge on any atom is -0.493 e. The van der Waals surface area contributed by atoms with Crippen LogP contribution in [0.5, 0.6) is 17.2 Å². The van der Waals surface area contributed by atoms with Gasteiger partial charge in [0.2, 0.25) is 5.75 Å². The number of benzene rings is 1. The summed E-state index contributed by atoms with van der Waals surface area (Å²) in [5.41, 5.74) is 0.00814. The van der Waals surface area contributed by atoms with Crippen molar-refractivity contribution in [1.29, 1.82) is 0 Å². The molecule has 0 radical (unpaired) electrons. The summed E-state index contributed by atoms with van der Waals surface area (Å²) in [6.07, 6.45) is 4.95. The monoisotopic (exact) mass is 307 g/mol. The Bertz CT molecular complexity index is 508. The summed E-state index contributed by atoms with van der Waals surface area (Å²) in [5.74, 6) is 1.74. The van der Waals surface area contributed by atoms with E-state index in [0.717, 1.165) is 31.2 Å². The van der Waals surface area contributed by atoms with E-state index in [1.807, 2.05) is 12.1 Å². The largest absolute Gasteiger partial charge is 0.493 e. The quantitative estimate of drug-likeness (QED) is 0.893. The Morgan fingerprint density at radius 1 is 1.00 bits per heavy atom. The molecule has 0 saturated carbocycles. The number of hydrogen-bond donors (Lipinski definition) is 2. The normalized spacial score (nSPS) is 30.7. The molecule has 2 fully saturated rings. The second-order valence-electron chi connectivity index (χ2n) is 6.35. The first kappa shape index (κ1) is 15.4. The third-order valence-corrected chi connectivity index (χ3v) is 4.95. The summed E-state index contributed by atoms with van der Waals surface area (Å²) >= 11 is 0. The fourth-order valence-electron chi connectivity index (χ4n) is 3.92. The average Bonchev–Trinajstić information content (AvgIpc) is 2.52. The molecule has 0 spiro atoms. The first-order valence-electron chi connectivity index (χ1n) is 7.88. The molecule has 2 atom stereocenters. The molecular weight excluding hydrogens is 282 g/mol. The van der Waals surface area contributed by atoms with E-state index >= 15 is 0 Å². The highest BCUT2D eigenvalue weighted by Gasteiger charge is 2.42. The maximum atomic E-state index is 11.3. The molecule has 2 unspecified atom stereocenters. The van der Waals surface area contributed by atoms with Crippen LogP contribution in [0.15, 0.2) is 12.1 Å². The van der Waals surface area contributed by atoms with Gasteiger partial charge in [-0.05, 0) is 43.4 Å². The number of fused-ring (bicyclic) bond motifs is 2. The Kier molecular flexibility index (Phi) is 4.19. The van der Waals surface area contributed by atoms with Gasteiger partial charge in [-0.2, -0.15) is 0 Å². The van der Waals surface area contributed by atoms with Crippen molar-refractivity contribution in [3.8, 4) is 17.2 Å². The number of ether oxygens (including phenoxy) is 3. The maximum Gasteiger partial charge on any atom is 0.203 e. The van der Waals surface area contributed by atoms with Gasteiger partial charge < -0.3 is 24.6 Å². The van der Waals surface area contributed by atoms with Gasteiger partial charge in [0.1, 0.15) is 0 Å². The van der Waals surface area contributed by atoms with Crippen LogP contribution in [0.4, 0.5) is 0 Å². The van der Waals surface area contributed by atoms with E-state index in [2.05, 4.69) is 5.32 Å². The van der Waals surface area contributed by atoms with Gasteiger partial charge in [0, 0.05) is 12.1 Å². The molecular formula is C17H25NO4. The molecule has 2 saturated heterocycles. The summed E-state index contributed by atoms with van der Waals surface area (Å²) in [6.45, 7) is 0. The van der Waals surface area contributed by atoms with Crippen LogP contribution >= 0.6 is 0 Å². The maximum absolute atomic E-state index is 11.3. The molecule has 1 aromatic carbocycles. The van der Waals surface area contributed by atoms with Gasteiger partial charge in [0.15, 0.2) is 11.5 Å². The molecule has 2 heterocycles. The van der Waals surface area contributed by atoms with E-state index in [-0.39, 0.29) is 0 Å². The number of hydrogen-bond acceptors (Lipinski definition) is 5. The zero-order valence-electron chi connectivity index (χ0n) is 13.5. The SMILES string of the molecule is COc1cc(C2(O)CC3CCCC(C2)N3)cc(OC)c1OC. The van der Waals surface area contributed by atoms with Gasteiger partial charge in [0.05, 0.1) is 26.9 Å². The van der Waals surface area contributed by atoms with Crippen LogP contribution in [0.2, 0.25) is 0 Å². The minimum absolute atomic E-state index is 0.386.